The van der Waals surface area contributed by atoms with Gasteiger partial charge in [0.2, 0.25) is 0 Å². The maximum absolute atomic E-state index is 6.48. The van der Waals surface area contributed by atoms with Gasteiger partial charge < -0.3 is 9.15 Å². The molecule has 0 saturated heterocycles. The van der Waals surface area contributed by atoms with Gasteiger partial charge in [0.15, 0.2) is 0 Å². The number of allylic oxidation sites excluding steroid dienone is 3. The van der Waals surface area contributed by atoms with Gasteiger partial charge in [-0.05, 0) is 98.8 Å². The average molecular weight is 565 g/mol. The third-order valence-electron chi connectivity index (χ3n) is 9.86. The minimum Gasteiger partial charge on any atom is -0.485 e. The normalized spacial score (nSPS) is 18.2. The fraction of sp³-hybridized carbons (Fsp3) is 0.0952. The minimum atomic E-state index is 0.0880. The Bertz CT molecular complexity index is 2430. The summed E-state index contributed by atoms with van der Waals surface area (Å²) in [6.45, 7) is 0. The van der Waals surface area contributed by atoms with E-state index in [9.17, 15) is 0 Å². The van der Waals surface area contributed by atoms with Crippen molar-refractivity contribution in [3.8, 4) is 28.0 Å². The summed E-state index contributed by atoms with van der Waals surface area (Å²) in [4.78, 5) is 0. The molecule has 0 amide bonds. The van der Waals surface area contributed by atoms with Crippen LogP contribution in [-0.4, -0.2) is 6.10 Å². The van der Waals surface area contributed by atoms with E-state index < -0.39 is 0 Å². The zero-order chi connectivity index (χ0) is 28.8. The van der Waals surface area contributed by atoms with E-state index in [4.69, 9.17) is 9.15 Å². The van der Waals surface area contributed by atoms with Crippen LogP contribution in [0.3, 0.4) is 0 Å². The Morgan fingerprint density at radius 3 is 2.36 bits per heavy atom. The molecule has 44 heavy (non-hydrogen) atoms. The SMILES string of the molecule is C1=CC2Oc3ccc(-c4c5c(c(-c6ccc7oc8c9ccccc9ccc8c7c6)c6ccccc46)CCC=C5)cc3C2C=C1. The molecule has 2 heterocycles. The van der Waals surface area contributed by atoms with Crippen LogP contribution < -0.4 is 4.74 Å². The molecular weight excluding hydrogens is 536 g/mol. The first-order chi connectivity index (χ1) is 21.8. The minimum absolute atomic E-state index is 0.0880. The van der Waals surface area contributed by atoms with E-state index in [1.54, 1.807) is 0 Å². The van der Waals surface area contributed by atoms with Gasteiger partial charge in [-0.3, -0.25) is 0 Å². The first kappa shape index (κ1) is 24.1. The Morgan fingerprint density at radius 1 is 0.636 bits per heavy atom. The van der Waals surface area contributed by atoms with Crippen LogP contribution in [0.15, 0.2) is 132 Å². The standard InChI is InChI=1S/C42H28O2/c1-2-10-28-25(9-1)17-20-34-36-24-27(19-22-39(36)44-42(28)34)41-32-14-5-3-12-30(32)40(31-13-4-6-15-33(31)41)26-18-21-38-35(23-26)29-11-7-8-16-37(29)43-38/h1-5,7-14,16-24,29,37H,6,15H2. The summed E-state index contributed by atoms with van der Waals surface area (Å²) in [5.41, 5.74) is 11.1. The largest absolute Gasteiger partial charge is 0.485 e. The quantitative estimate of drug-likeness (QED) is 0.208. The van der Waals surface area contributed by atoms with Gasteiger partial charge in [-0.1, -0.05) is 97.1 Å². The topological polar surface area (TPSA) is 22.4 Å². The van der Waals surface area contributed by atoms with Crippen molar-refractivity contribution in [2.24, 2.45) is 0 Å². The van der Waals surface area contributed by atoms with Gasteiger partial charge in [0.1, 0.15) is 23.0 Å². The first-order valence-corrected chi connectivity index (χ1v) is 15.6. The fourth-order valence-corrected chi connectivity index (χ4v) is 7.88. The molecule has 6 aromatic carbocycles. The number of furan rings is 1. The van der Waals surface area contributed by atoms with Crippen LogP contribution in [0.1, 0.15) is 29.0 Å². The molecule has 2 unspecified atom stereocenters. The second-order valence-corrected chi connectivity index (χ2v) is 12.2. The van der Waals surface area contributed by atoms with Crippen LogP contribution in [0.2, 0.25) is 0 Å². The van der Waals surface area contributed by atoms with Crippen molar-refractivity contribution < 1.29 is 9.15 Å². The molecule has 208 valence electrons. The van der Waals surface area contributed by atoms with E-state index >= 15 is 0 Å². The Kier molecular flexibility index (Phi) is 4.98. The number of ether oxygens (including phenoxy) is 1. The summed E-state index contributed by atoms with van der Waals surface area (Å²) in [5.74, 6) is 1.26. The molecule has 3 aliphatic rings. The van der Waals surface area contributed by atoms with E-state index in [-0.39, 0.29) is 12.0 Å². The molecule has 0 spiro atoms. The lowest BCUT2D eigenvalue weighted by Crippen LogP contribution is -2.15. The summed E-state index contributed by atoms with van der Waals surface area (Å²) in [7, 11) is 0. The Labute approximate surface area is 255 Å². The second kappa shape index (κ2) is 9.08. The summed E-state index contributed by atoms with van der Waals surface area (Å²) in [5, 5.41) is 7.27. The van der Waals surface area contributed by atoms with Crippen molar-refractivity contribution in [2.75, 3.05) is 0 Å². The zero-order valence-electron chi connectivity index (χ0n) is 24.1. The third-order valence-corrected chi connectivity index (χ3v) is 9.86. The molecule has 0 fully saturated rings. The van der Waals surface area contributed by atoms with Crippen molar-refractivity contribution in [1.29, 1.82) is 0 Å². The third kappa shape index (κ3) is 3.37. The van der Waals surface area contributed by atoms with Gasteiger partial charge in [0.05, 0.1) is 0 Å². The van der Waals surface area contributed by atoms with Crippen molar-refractivity contribution in [3.63, 3.8) is 0 Å². The zero-order valence-corrected chi connectivity index (χ0v) is 24.1. The van der Waals surface area contributed by atoms with Gasteiger partial charge in [-0.25, -0.2) is 0 Å². The van der Waals surface area contributed by atoms with Gasteiger partial charge in [-0.2, -0.15) is 0 Å². The van der Waals surface area contributed by atoms with Crippen LogP contribution in [0, 0.1) is 0 Å². The lowest BCUT2D eigenvalue weighted by molar-refractivity contribution is 0.269. The lowest BCUT2D eigenvalue weighted by atomic mass is 9.79. The molecule has 7 aromatic rings. The highest BCUT2D eigenvalue weighted by Gasteiger charge is 2.33. The van der Waals surface area contributed by atoms with Crippen LogP contribution in [-0.2, 0) is 6.42 Å². The van der Waals surface area contributed by atoms with E-state index in [0.29, 0.717) is 0 Å². The number of benzene rings is 6. The maximum Gasteiger partial charge on any atom is 0.143 e. The van der Waals surface area contributed by atoms with Gasteiger partial charge >= 0.3 is 0 Å². The Hall–Kier alpha value is -5.34. The summed E-state index contributed by atoms with van der Waals surface area (Å²) < 4.78 is 12.8. The highest BCUT2D eigenvalue weighted by atomic mass is 16.5. The molecule has 2 atom stereocenters. The van der Waals surface area contributed by atoms with E-state index in [2.05, 4.69) is 134 Å². The molecule has 0 bridgehead atoms. The number of hydrogen-bond donors (Lipinski definition) is 0. The van der Waals surface area contributed by atoms with Crippen LogP contribution in [0.4, 0.5) is 0 Å². The van der Waals surface area contributed by atoms with Gasteiger partial charge in [0, 0.05) is 27.6 Å². The molecule has 0 N–H and O–H groups in total. The highest BCUT2D eigenvalue weighted by molar-refractivity contribution is 6.17. The highest BCUT2D eigenvalue weighted by Crippen LogP contribution is 2.48. The van der Waals surface area contributed by atoms with Crippen LogP contribution in [0.5, 0.6) is 5.75 Å². The predicted octanol–water partition coefficient (Wildman–Crippen LogP) is 11.2. The monoisotopic (exact) mass is 564 g/mol. The maximum atomic E-state index is 6.48. The van der Waals surface area contributed by atoms with E-state index in [1.165, 1.54) is 65.9 Å². The van der Waals surface area contributed by atoms with Crippen LogP contribution in [0.25, 0.3) is 71.8 Å². The van der Waals surface area contributed by atoms with E-state index in [1.807, 2.05) is 0 Å². The van der Waals surface area contributed by atoms with Crippen molar-refractivity contribution in [3.05, 3.63) is 144 Å². The van der Waals surface area contributed by atoms with Crippen molar-refractivity contribution in [1.82, 2.24) is 0 Å². The lowest BCUT2D eigenvalue weighted by Gasteiger charge is -2.24. The second-order valence-electron chi connectivity index (χ2n) is 12.2. The molecule has 10 rings (SSSR count). The molecule has 2 nitrogen and oxygen atoms in total. The predicted molar refractivity (Wildman–Crippen MR) is 182 cm³/mol. The van der Waals surface area contributed by atoms with Crippen molar-refractivity contribution >= 4 is 49.6 Å². The summed E-state index contributed by atoms with van der Waals surface area (Å²) >= 11 is 0. The fourth-order valence-electron chi connectivity index (χ4n) is 7.88. The molecule has 1 aromatic heterocycles. The van der Waals surface area contributed by atoms with E-state index in [0.717, 1.165) is 35.1 Å². The Morgan fingerprint density at radius 2 is 1.43 bits per heavy atom. The molecule has 2 aliphatic carbocycles. The van der Waals surface area contributed by atoms with Gasteiger partial charge in [-0.15, -0.1) is 0 Å². The number of fused-ring (bicyclic) bond motifs is 10. The first-order valence-electron chi connectivity index (χ1n) is 15.6. The number of hydrogen-bond acceptors (Lipinski definition) is 2. The molecule has 1 aliphatic heterocycles. The molecule has 0 saturated carbocycles. The molecule has 2 heteroatoms. The smallest absolute Gasteiger partial charge is 0.143 e. The summed E-state index contributed by atoms with van der Waals surface area (Å²) in [6.07, 6.45) is 15.5. The number of rotatable bonds is 2. The summed E-state index contributed by atoms with van der Waals surface area (Å²) in [6, 6.07) is 35.4. The molecule has 0 radical (unpaired) electrons. The van der Waals surface area contributed by atoms with Crippen molar-refractivity contribution in [2.45, 2.75) is 24.9 Å². The van der Waals surface area contributed by atoms with Crippen LogP contribution >= 0.6 is 0 Å². The average Bonchev–Trinajstić information content (AvgIpc) is 3.65. The van der Waals surface area contributed by atoms with Gasteiger partial charge in [0.25, 0.3) is 0 Å². The Balaban J connectivity index is 1.22. The molecular formula is C42H28O2.